The summed E-state index contributed by atoms with van der Waals surface area (Å²) >= 11 is 0. The van der Waals surface area contributed by atoms with Gasteiger partial charge in [-0.05, 0) is 117 Å². The fourth-order valence-corrected chi connectivity index (χ4v) is 10.0. The third-order valence-electron chi connectivity index (χ3n) is 12.6. The van der Waals surface area contributed by atoms with E-state index in [2.05, 4.69) is 196 Å². The first kappa shape index (κ1) is 31.4. The molecule has 0 saturated heterocycles. The molecule has 1 heterocycles. The minimum absolute atomic E-state index is 0.170. The summed E-state index contributed by atoms with van der Waals surface area (Å²) in [6.45, 7) is 4.74. The Balaban J connectivity index is 1.15. The van der Waals surface area contributed by atoms with Crippen LogP contribution in [0.25, 0.3) is 110 Å². The SMILES string of the molecule is CC1(C)c2ccccc2-c2c1cc(-c1cccc(-c3c4ccccc4c(-c4cccc5ccccc45)c4ccccc34)c1)c1oc3cc4ccccc4cc3c21. The molecule has 10 aromatic carbocycles. The molecular weight excluding hydrogens is 677 g/mol. The summed E-state index contributed by atoms with van der Waals surface area (Å²) in [6.07, 6.45) is 0. The van der Waals surface area contributed by atoms with Crippen molar-refractivity contribution in [2.45, 2.75) is 19.3 Å². The van der Waals surface area contributed by atoms with Crippen LogP contribution in [0.1, 0.15) is 25.0 Å². The molecule has 1 nitrogen and oxygen atoms in total. The highest BCUT2D eigenvalue weighted by Crippen LogP contribution is 2.55. The predicted molar refractivity (Wildman–Crippen MR) is 238 cm³/mol. The van der Waals surface area contributed by atoms with E-state index in [0.29, 0.717) is 0 Å². The van der Waals surface area contributed by atoms with Gasteiger partial charge in [-0.1, -0.05) is 172 Å². The Morgan fingerprint density at radius 2 is 0.911 bits per heavy atom. The maximum atomic E-state index is 7.04. The molecule has 0 unspecified atom stereocenters. The Hall–Kier alpha value is -6.96. The molecule has 1 aromatic heterocycles. The number of fused-ring (bicyclic) bond motifs is 11. The van der Waals surface area contributed by atoms with E-state index in [1.807, 2.05) is 0 Å². The number of hydrogen-bond acceptors (Lipinski definition) is 1. The number of furan rings is 1. The van der Waals surface area contributed by atoms with Crippen LogP contribution in [0.5, 0.6) is 0 Å². The third-order valence-corrected chi connectivity index (χ3v) is 12.6. The van der Waals surface area contributed by atoms with Crippen molar-refractivity contribution in [2.24, 2.45) is 0 Å². The second kappa shape index (κ2) is 11.5. The number of hydrogen-bond donors (Lipinski definition) is 0. The molecule has 56 heavy (non-hydrogen) atoms. The molecule has 0 saturated carbocycles. The molecule has 0 bridgehead atoms. The van der Waals surface area contributed by atoms with Crippen molar-refractivity contribution in [3.63, 3.8) is 0 Å². The van der Waals surface area contributed by atoms with Gasteiger partial charge in [0, 0.05) is 21.8 Å². The lowest BCUT2D eigenvalue weighted by molar-refractivity contribution is 0.657. The van der Waals surface area contributed by atoms with Crippen LogP contribution in [0.4, 0.5) is 0 Å². The molecule has 0 atom stereocenters. The van der Waals surface area contributed by atoms with E-state index >= 15 is 0 Å². The summed E-state index contributed by atoms with van der Waals surface area (Å²) in [5.41, 5.74) is 14.3. The standard InChI is InChI=1S/C55H36O/c1-55(2)47-28-12-11-26-44(47)52-48(55)32-45(54-53(52)46-30-34-16-3-4-17-35(34)31-49(46)56-54)36-19-13-20-37(29-36)50-40-22-7-9-24-42(40)51(43-25-10-8-23-41(43)50)39-27-14-18-33-15-5-6-21-38(33)39/h3-32H,1-2H3. The third kappa shape index (κ3) is 4.31. The molecule has 1 heteroatoms. The Morgan fingerprint density at radius 3 is 1.66 bits per heavy atom. The summed E-state index contributed by atoms with van der Waals surface area (Å²) < 4.78 is 7.04. The van der Waals surface area contributed by atoms with Crippen LogP contribution in [0.3, 0.4) is 0 Å². The van der Waals surface area contributed by atoms with E-state index < -0.39 is 0 Å². The molecule has 1 aliphatic carbocycles. The Bertz CT molecular complexity index is 3390. The monoisotopic (exact) mass is 712 g/mol. The Kier molecular flexibility index (Phi) is 6.46. The van der Waals surface area contributed by atoms with Crippen LogP contribution in [0.15, 0.2) is 186 Å². The van der Waals surface area contributed by atoms with Gasteiger partial charge in [0.05, 0.1) is 0 Å². The van der Waals surface area contributed by atoms with Crippen LogP contribution >= 0.6 is 0 Å². The van der Waals surface area contributed by atoms with Crippen molar-refractivity contribution in [1.82, 2.24) is 0 Å². The molecule has 12 rings (SSSR count). The van der Waals surface area contributed by atoms with Crippen molar-refractivity contribution >= 4 is 65.0 Å². The molecule has 262 valence electrons. The van der Waals surface area contributed by atoms with Crippen LogP contribution in [0.2, 0.25) is 0 Å². The van der Waals surface area contributed by atoms with E-state index in [9.17, 15) is 0 Å². The Labute approximate surface area is 325 Å². The van der Waals surface area contributed by atoms with Gasteiger partial charge >= 0.3 is 0 Å². The first-order valence-corrected chi connectivity index (χ1v) is 19.6. The largest absolute Gasteiger partial charge is 0.455 e. The first-order chi connectivity index (χ1) is 27.5. The highest BCUT2D eigenvalue weighted by Gasteiger charge is 2.38. The van der Waals surface area contributed by atoms with Gasteiger partial charge in [-0.2, -0.15) is 0 Å². The molecule has 1 aliphatic rings. The first-order valence-electron chi connectivity index (χ1n) is 19.6. The zero-order valence-electron chi connectivity index (χ0n) is 31.2. The van der Waals surface area contributed by atoms with Gasteiger partial charge in [-0.3, -0.25) is 0 Å². The van der Waals surface area contributed by atoms with Gasteiger partial charge in [0.15, 0.2) is 0 Å². The van der Waals surface area contributed by atoms with Crippen LogP contribution in [0, 0.1) is 0 Å². The van der Waals surface area contributed by atoms with E-state index in [1.54, 1.807) is 0 Å². The summed E-state index contributed by atoms with van der Waals surface area (Å²) in [4.78, 5) is 0. The van der Waals surface area contributed by atoms with Crippen LogP contribution < -0.4 is 0 Å². The van der Waals surface area contributed by atoms with Crippen LogP contribution in [-0.4, -0.2) is 0 Å². The summed E-state index contributed by atoms with van der Waals surface area (Å²) in [6, 6.07) is 67.0. The summed E-state index contributed by atoms with van der Waals surface area (Å²) in [5.74, 6) is 0. The van der Waals surface area contributed by atoms with Crippen LogP contribution in [-0.2, 0) is 5.41 Å². The zero-order chi connectivity index (χ0) is 37.1. The normalized spacial score (nSPS) is 13.3. The molecule has 0 spiro atoms. The van der Waals surface area contributed by atoms with E-state index in [4.69, 9.17) is 4.42 Å². The van der Waals surface area contributed by atoms with E-state index in [-0.39, 0.29) is 5.41 Å². The van der Waals surface area contributed by atoms with Crippen molar-refractivity contribution in [1.29, 1.82) is 0 Å². The maximum absolute atomic E-state index is 7.04. The second-order valence-corrected chi connectivity index (χ2v) is 16.0. The van der Waals surface area contributed by atoms with E-state index in [0.717, 1.165) is 22.3 Å². The molecule has 0 amide bonds. The molecule has 0 radical (unpaired) electrons. The summed E-state index contributed by atoms with van der Waals surface area (Å²) in [7, 11) is 0. The second-order valence-electron chi connectivity index (χ2n) is 16.0. The topological polar surface area (TPSA) is 13.1 Å². The molecular formula is C55H36O. The van der Waals surface area contributed by atoms with Gasteiger partial charge in [-0.25, -0.2) is 0 Å². The predicted octanol–water partition coefficient (Wildman–Crippen LogP) is 15.5. The highest BCUT2D eigenvalue weighted by atomic mass is 16.3. The lowest BCUT2D eigenvalue weighted by atomic mass is 9.80. The summed E-state index contributed by atoms with van der Waals surface area (Å²) in [5, 5.41) is 12.3. The van der Waals surface area contributed by atoms with Crippen molar-refractivity contribution < 1.29 is 4.42 Å². The quantitative estimate of drug-likeness (QED) is 0.166. The van der Waals surface area contributed by atoms with Gasteiger partial charge in [0.2, 0.25) is 0 Å². The highest BCUT2D eigenvalue weighted by molar-refractivity contribution is 6.24. The minimum atomic E-state index is -0.170. The fourth-order valence-electron chi connectivity index (χ4n) is 10.0. The lowest BCUT2D eigenvalue weighted by Crippen LogP contribution is -2.15. The van der Waals surface area contributed by atoms with Crippen molar-refractivity contribution in [2.75, 3.05) is 0 Å². The van der Waals surface area contributed by atoms with Crippen molar-refractivity contribution in [3.8, 4) is 44.5 Å². The smallest absolute Gasteiger partial charge is 0.143 e. The van der Waals surface area contributed by atoms with Gasteiger partial charge in [0.25, 0.3) is 0 Å². The number of benzene rings is 10. The van der Waals surface area contributed by atoms with E-state index in [1.165, 1.54) is 98.4 Å². The molecule has 0 aliphatic heterocycles. The van der Waals surface area contributed by atoms with Crippen molar-refractivity contribution in [3.05, 3.63) is 193 Å². The van der Waals surface area contributed by atoms with Gasteiger partial charge < -0.3 is 4.42 Å². The average molecular weight is 713 g/mol. The van der Waals surface area contributed by atoms with Gasteiger partial charge in [0.1, 0.15) is 11.2 Å². The number of rotatable bonds is 3. The molecule has 0 fully saturated rings. The average Bonchev–Trinajstić information content (AvgIpc) is 3.72. The minimum Gasteiger partial charge on any atom is -0.455 e. The zero-order valence-corrected chi connectivity index (χ0v) is 31.2. The van der Waals surface area contributed by atoms with Gasteiger partial charge in [-0.15, -0.1) is 0 Å². The Morgan fingerprint density at radius 1 is 0.357 bits per heavy atom. The maximum Gasteiger partial charge on any atom is 0.143 e. The fraction of sp³-hybridized carbons (Fsp3) is 0.0545. The molecule has 0 N–H and O–H groups in total. The molecule has 11 aromatic rings. The lowest BCUT2D eigenvalue weighted by Gasteiger charge is -2.22.